The summed E-state index contributed by atoms with van der Waals surface area (Å²) in [5.41, 5.74) is 1.28. The van der Waals surface area contributed by atoms with E-state index in [1.807, 2.05) is 19.9 Å². The number of carbonyl (C=O) groups excluding carboxylic acids is 1. The van der Waals surface area contributed by atoms with E-state index in [1.165, 1.54) is 7.11 Å². The first-order valence-electron chi connectivity index (χ1n) is 5.47. The van der Waals surface area contributed by atoms with E-state index in [-0.39, 0.29) is 11.9 Å². The second kappa shape index (κ2) is 4.49. The minimum atomic E-state index is -0.350. The van der Waals surface area contributed by atoms with Crippen LogP contribution in [0.25, 0.3) is 10.9 Å². The lowest BCUT2D eigenvalue weighted by molar-refractivity contribution is 0.0601. The van der Waals surface area contributed by atoms with Crippen LogP contribution in [-0.4, -0.2) is 23.0 Å². The molecule has 2 rings (SSSR count). The molecule has 4 nitrogen and oxygen atoms in total. The summed E-state index contributed by atoms with van der Waals surface area (Å²) < 4.78 is 4.68. The van der Waals surface area contributed by atoms with Gasteiger partial charge in [-0.1, -0.05) is 19.9 Å². The van der Waals surface area contributed by atoms with Gasteiger partial charge in [-0.15, -0.1) is 0 Å². The summed E-state index contributed by atoms with van der Waals surface area (Å²) >= 11 is 0. The molecule has 1 heterocycles. The van der Waals surface area contributed by atoms with Crippen LogP contribution in [0.1, 0.15) is 35.9 Å². The van der Waals surface area contributed by atoms with Crippen molar-refractivity contribution in [1.29, 1.82) is 0 Å². The molecule has 17 heavy (non-hydrogen) atoms. The van der Waals surface area contributed by atoms with Crippen LogP contribution in [-0.2, 0) is 4.74 Å². The van der Waals surface area contributed by atoms with Crippen molar-refractivity contribution in [3.8, 4) is 0 Å². The number of rotatable bonds is 2. The minimum Gasteiger partial charge on any atom is -0.465 e. The molecule has 88 valence electrons. The van der Waals surface area contributed by atoms with E-state index in [0.29, 0.717) is 5.56 Å². The van der Waals surface area contributed by atoms with Crippen LogP contribution in [0.3, 0.4) is 0 Å². The number of fused-ring (bicyclic) bond motifs is 1. The third-order valence-corrected chi connectivity index (χ3v) is 2.54. The van der Waals surface area contributed by atoms with Crippen molar-refractivity contribution in [1.82, 2.24) is 9.97 Å². The number of aromatic nitrogens is 2. The molecule has 0 saturated heterocycles. The molecule has 0 fully saturated rings. The molecule has 2 aromatic rings. The third kappa shape index (κ3) is 2.25. The second-order valence-corrected chi connectivity index (χ2v) is 4.15. The van der Waals surface area contributed by atoms with Crippen molar-refractivity contribution in [2.75, 3.05) is 7.11 Å². The Kier molecular flexibility index (Phi) is 3.04. The molecule has 1 aromatic heterocycles. The van der Waals surface area contributed by atoms with Gasteiger partial charge >= 0.3 is 5.97 Å². The minimum absolute atomic E-state index is 0.265. The standard InChI is InChI=1S/C13H14N2O2/c1-8(2)12-14-7-10-5-4-9(13(16)17-3)6-11(10)15-12/h4-8H,1-3H3. The van der Waals surface area contributed by atoms with E-state index in [1.54, 1.807) is 18.3 Å². The number of hydrogen-bond donors (Lipinski definition) is 0. The molecular formula is C13H14N2O2. The van der Waals surface area contributed by atoms with Crippen LogP contribution >= 0.6 is 0 Å². The maximum atomic E-state index is 11.4. The fraction of sp³-hybridized carbons (Fsp3) is 0.308. The van der Waals surface area contributed by atoms with E-state index >= 15 is 0 Å². The number of ether oxygens (including phenoxy) is 1. The van der Waals surface area contributed by atoms with E-state index in [0.717, 1.165) is 16.7 Å². The topological polar surface area (TPSA) is 52.1 Å². The van der Waals surface area contributed by atoms with Gasteiger partial charge in [-0.05, 0) is 12.1 Å². The quantitative estimate of drug-likeness (QED) is 0.744. The van der Waals surface area contributed by atoms with Crippen molar-refractivity contribution in [2.45, 2.75) is 19.8 Å². The second-order valence-electron chi connectivity index (χ2n) is 4.15. The highest BCUT2D eigenvalue weighted by molar-refractivity contribution is 5.93. The fourth-order valence-electron chi connectivity index (χ4n) is 1.56. The lowest BCUT2D eigenvalue weighted by Gasteiger charge is -2.05. The molecule has 0 spiro atoms. The van der Waals surface area contributed by atoms with Gasteiger partial charge in [0.1, 0.15) is 5.82 Å². The van der Waals surface area contributed by atoms with Gasteiger partial charge in [0.25, 0.3) is 0 Å². The Bertz CT molecular complexity index is 564. The Morgan fingerprint density at radius 3 is 2.76 bits per heavy atom. The number of hydrogen-bond acceptors (Lipinski definition) is 4. The first kappa shape index (κ1) is 11.5. The molecule has 0 amide bonds. The van der Waals surface area contributed by atoms with Gasteiger partial charge in [0.15, 0.2) is 0 Å². The number of esters is 1. The third-order valence-electron chi connectivity index (χ3n) is 2.54. The summed E-state index contributed by atoms with van der Waals surface area (Å²) in [5.74, 6) is 0.692. The van der Waals surface area contributed by atoms with Crippen molar-refractivity contribution in [2.24, 2.45) is 0 Å². The van der Waals surface area contributed by atoms with Crippen molar-refractivity contribution in [3.05, 3.63) is 35.8 Å². The largest absolute Gasteiger partial charge is 0.465 e. The molecule has 0 aliphatic carbocycles. The van der Waals surface area contributed by atoms with Crippen molar-refractivity contribution >= 4 is 16.9 Å². The molecular weight excluding hydrogens is 216 g/mol. The lowest BCUT2D eigenvalue weighted by atomic mass is 10.1. The lowest BCUT2D eigenvalue weighted by Crippen LogP contribution is -2.02. The molecule has 1 aromatic carbocycles. The van der Waals surface area contributed by atoms with Crippen LogP contribution in [0.4, 0.5) is 0 Å². The Labute approximate surface area is 99.7 Å². The zero-order valence-electron chi connectivity index (χ0n) is 10.1. The molecule has 0 aliphatic heterocycles. The summed E-state index contributed by atoms with van der Waals surface area (Å²) in [6.45, 7) is 4.07. The number of carbonyl (C=O) groups is 1. The molecule has 0 unspecified atom stereocenters. The van der Waals surface area contributed by atoms with E-state index in [4.69, 9.17) is 0 Å². The van der Waals surface area contributed by atoms with Crippen LogP contribution < -0.4 is 0 Å². The summed E-state index contributed by atoms with van der Waals surface area (Å²) in [7, 11) is 1.37. The number of nitrogens with zero attached hydrogens (tertiary/aromatic N) is 2. The molecule has 0 N–H and O–H groups in total. The smallest absolute Gasteiger partial charge is 0.337 e. The molecule has 0 bridgehead atoms. The fourth-order valence-corrected chi connectivity index (χ4v) is 1.56. The summed E-state index contributed by atoms with van der Waals surface area (Å²) in [5, 5.41) is 0.919. The van der Waals surface area contributed by atoms with Gasteiger partial charge in [0, 0.05) is 17.5 Å². The maximum Gasteiger partial charge on any atom is 0.337 e. The van der Waals surface area contributed by atoms with Gasteiger partial charge in [-0.3, -0.25) is 0 Å². The summed E-state index contributed by atoms with van der Waals surface area (Å²) in [6, 6.07) is 5.27. The normalized spacial score (nSPS) is 10.8. The van der Waals surface area contributed by atoms with Crippen LogP contribution in [0.2, 0.25) is 0 Å². The zero-order chi connectivity index (χ0) is 12.4. The molecule has 4 heteroatoms. The van der Waals surface area contributed by atoms with Gasteiger partial charge in [0.05, 0.1) is 18.2 Å². The molecule has 0 aliphatic rings. The first-order valence-corrected chi connectivity index (χ1v) is 5.47. The summed E-state index contributed by atoms with van der Waals surface area (Å²) in [6.07, 6.45) is 1.78. The Morgan fingerprint density at radius 2 is 2.12 bits per heavy atom. The van der Waals surface area contributed by atoms with E-state index in [2.05, 4.69) is 14.7 Å². The van der Waals surface area contributed by atoms with Crippen LogP contribution in [0.5, 0.6) is 0 Å². The van der Waals surface area contributed by atoms with Gasteiger partial charge in [-0.25, -0.2) is 14.8 Å². The van der Waals surface area contributed by atoms with Crippen molar-refractivity contribution in [3.63, 3.8) is 0 Å². The SMILES string of the molecule is COC(=O)c1ccc2cnc(C(C)C)nc2c1. The van der Waals surface area contributed by atoms with E-state index in [9.17, 15) is 4.79 Å². The summed E-state index contributed by atoms with van der Waals surface area (Å²) in [4.78, 5) is 20.1. The Morgan fingerprint density at radius 1 is 1.35 bits per heavy atom. The zero-order valence-corrected chi connectivity index (χ0v) is 10.1. The number of methoxy groups -OCH3 is 1. The molecule has 0 radical (unpaired) electrons. The highest BCUT2D eigenvalue weighted by Gasteiger charge is 2.08. The van der Waals surface area contributed by atoms with Crippen LogP contribution in [0, 0.1) is 0 Å². The number of benzene rings is 1. The molecule has 0 atom stereocenters. The van der Waals surface area contributed by atoms with Gasteiger partial charge in [0.2, 0.25) is 0 Å². The highest BCUT2D eigenvalue weighted by atomic mass is 16.5. The van der Waals surface area contributed by atoms with Gasteiger partial charge in [-0.2, -0.15) is 0 Å². The average Bonchev–Trinajstić information content (AvgIpc) is 2.36. The first-order chi connectivity index (χ1) is 8.11. The monoisotopic (exact) mass is 230 g/mol. The Balaban J connectivity index is 2.54. The van der Waals surface area contributed by atoms with E-state index < -0.39 is 0 Å². The predicted molar refractivity (Wildman–Crippen MR) is 65.0 cm³/mol. The maximum absolute atomic E-state index is 11.4. The Hall–Kier alpha value is -1.97. The predicted octanol–water partition coefficient (Wildman–Crippen LogP) is 2.54. The highest BCUT2D eigenvalue weighted by Crippen LogP contribution is 2.17. The van der Waals surface area contributed by atoms with Crippen LogP contribution in [0.15, 0.2) is 24.4 Å². The molecule has 0 saturated carbocycles. The average molecular weight is 230 g/mol. The van der Waals surface area contributed by atoms with Crippen molar-refractivity contribution < 1.29 is 9.53 Å². The van der Waals surface area contributed by atoms with Gasteiger partial charge < -0.3 is 4.74 Å².